The fourth-order valence-electron chi connectivity index (χ4n) is 2.36. The molecule has 0 amide bonds. The summed E-state index contributed by atoms with van der Waals surface area (Å²) < 4.78 is 5.77. The third-order valence-corrected chi connectivity index (χ3v) is 3.72. The van der Waals surface area contributed by atoms with Crippen LogP contribution in [0.2, 0.25) is 0 Å². The van der Waals surface area contributed by atoms with Crippen LogP contribution >= 0.6 is 0 Å². The van der Waals surface area contributed by atoms with Crippen LogP contribution in [0, 0.1) is 0 Å². The highest BCUT2D eigenvalue weighted by Gasteiger charge is 2.18. The number of ether oxygens (including phenoxy) is 1. The average Bonchev–Trinajstić information content (AvgIpc) is 2.60. The molecule has 1 fully saturated rings. The summed E-state index contributed by atoms with van der Waals surface area (Å²) in [5.74, 6) is 0. The minimum Gasteiger partial charge on any atom is -0.394 e. The molecule has 1 rings (SSSR count). The molecule has 0 aromatic carbocycles. The van der Waals surface area contributed by atoms with Crippen LogP contribution in [0.1, 0.15) is 46.0 Å². The van der Waals surface area contributed by atoms with Crippen LogP contribution in [0.25, 0.3) is 0 Å². The second-order valence-corrected chi connectivity index (χ2v) is 5.82. The Morgan fingerprint density at radius 1 is 1.44 bits per heavy atom. The van der Waals surface area contributed by atoms with Gasteiger partial charge in [-0.15, -0.1) is 0 Å². The predicted molar refractivity (Wildman–Crippen MR) is 74.6 cm³/mol. The van der Waals surface area contributed by atoms with E-state index in [4.69, 9.17) is 15.6 Å². The molecule has 1 saturated heterocycles. The summed E-state index contributed by atoms with van der Waals surface area (Å²) in [6.07, 6.45) is 5.78. The van der Waals surface area contributed by atoms with E-state index >= 15 is 0 Å². The van der Waals surface area contributed by atoms with Crippen LogP contribution in [0.4, 0.5) is 0 Å². The van der Waals surface area contributed by atoms with E-state index in [0.717, 1.165) is 58.3 Å². The Morgan fingerprint density at radius 2 is 2.22 bits per heavy atom. The first-order chi connectivity index (χ1) is 8.57. The quantitative estimate of drug-likeness (QED) is 0.677. The highest BCUT2D eigenvalue weighted by atomic mass is 16.5. The lowest BCUT2D eigenvalue weighted by molar-refractivity contribution is 0.0516. The number of nitrogens with two attached hydrogens (primary N) is 1. The molecule has 0 radical (unpaired) electrons. The molecular formula is C14H30N2O2. The highest BCUT2D eigenvalue weighted by Crippen LogP contribution is 2.13. The third-order valence-electron chi connectivity index (χ3n) is 3.72. The average molecular weight is 258 g/mol. The molecule has 18 heavy (non-hydrogen) atoms. The van der Waals surface area contributed by atoms with Gasteiger partial charge in [-0.25, -0.2) is 0 Å². The number of aliphatic hydroxyl groups is 1. The van der Waals surface area contributed by atoms with Crippen LogP contribution in [-0.4, -0.2) is 54.5 Å². The van der Waals surface area contributed by atoms with Crippen LogP contribution in [-0.2, 0) is 4.74 Å². The Kier molecular flexibility index (Phi) is 7.15. The lowest BCUT2D eigenvalue weighted by Gasteiger charge is -2.24. The van der Waals surface area contributed by atoms with Gasteiger partial charge in [0.1, 0.15) is 0 Å². The summed E-state index contributed by atoms with van der Waals surface area (Å²) >= 11 is 0. The van der Waals surface area contributed by atoms with Gasteiger partial charge in [0.15, 0.2) is 0 Å². The van der Waals surface area contributed by atoms with E-state index in [1.807, 2.05) is 6.92 Å². The maximum absolute atomic E-state index is 9.09. The minimum absolute atomic E-state index is 0.0719. The molecule has 2 unspecified atom stereocenters. The number of unbranched alkanes of at least 4 members (excludes halogenated alkanes) is 1. The minimum atomic E-state index is -0.409. The van der Waals surface area contributed by atoms with E-state index in [1.54, 1.807) is 0 Å². The second-order valence-electron chi connectivity index (χ2n) is 5.82. The molecule has 0 saturated carbocycles. The Balaban J connectivity index is 2.17. The van der Waals surface area contributed by atoms with Crippen LogP contribution < -0.4 is 5.73 Å². The topological polar surface area (TPSA) is 58.7 Å². The van der Waals surface area contributed by atoms with Crippen molar-refractivity contribution in [2.45, 2.75) is 57.6 Å². The van der Waals surface area contributed by atoms with Crippen molar-refractivity contribution in [2.75, 3.05) is 32.8 Å². The maximum Gasteiger partial charge on any atom is 0.0699 e. The van der Waals surface area contributed by atoms with Gasteiger partial charge in [0.2, 0.25) is 0 Å². The number of hydrogen-bond acceptors (Lipinski definition) is 4. The van der Waals surface area contributed by atoms with Gasteiger partial charge < -0.3 is 20.5 Å². The normalized spacial score (nSPS) is 25.7. The van der Waals surface area contributed by atoms with Crippen molar-refractivity contribution in [3.8, 4) is 0 Å². The number of nitrogens with zero attached hydrogens (tertiary/aromatic N) is 1. The smallest absolute Gasteiger partial charge is 0.0699 e. The number of rotatable bonds is 7. The first kappa shape index (κ1) is 15.9. The van der Waals surface area contributed by atoms with Gasteiger partial charge in [-0.1, -0.05) is 13.3 Å². The predicted octanol–water partition coefficient (Wildman–Crippen LogP) is 1.37. The van der Waals surface area contributed by atoms with E-state index in [2.05, 4.69) is 11.8 Å². The van der Waals surface area contributed by atoms with Crippen LogP contribution in [0.3, 0.4) is 0 Å². The van der Waals surface area contributed by atoms with Crippen LogP contribution in [0.5, 0.6) is 0 Å². The van der Waals surface area contributed by atoms with Crippen LogP contribution in [0.15, 0.2) is 0 Å². The molecule has 0 aromatic rings. The fourth-order valence-corrected chi connectivity index (χ4v) is 2.36. The summed E-state index contributed by atoms with van der Waals surface area (Å²) in [5, 5.41) is 9.09. The molecule has 1 aliphatic heterocycles. The summed E-state index contributed by atoms with van der Waals surface area (Å²) in [5.41, 5.74) is 5.51. The molecule has 4 heteroatoms. The van der Waals surface area contributed by atoms with Crippen molar-refractivity contribution < 1.29 is 9.84 Å². The van der Waals surface area contributed by atoms with Crippen molar-refractivity contribution >= 4 is 0 Å². The maximum atomic E-state index is 9.09. The zero-order valence-electron chi connectivity index (χ0n) is 12.0. The Bertz CT molecular complexity index is 222. The molecule has 0 aromatic heterocycles. The Morgan fingerprint density at radius 3 is 2.89 bits per heavy atom. The first-order valence-corrected chi connectivity index (χ1v) is 7.31. The SMILES string of the molecule is CCC1CN(CCCCC(C)(N)CO)CCCO1. The molecular weight excluding hydrogens is 228 g/mol. The summed E-state index contributed by atoms with van der Waals surface area (Å²) in [7, 11) is 0. The van der Waals surface area contributed by atoms with Crippen molar-refractivity contribution in [1.82, 2.24) is 4.90 Å². The lowest BCUT2D eigenvalue weighted by atomic mass is 9.97. The molecule has 1 aliphatic rings. The lowest BCUT2D eigenvalue weighted by Crippen LogP contribution is -2.40. The molecule has 1 heterocycles. The monoisotopic (exact) mass is 258 g/mol. The van der Waals surface area contributed by atoms with Crippen molar-refractivity contribution in [1.29, 1.82) is 0 Å². The molecule has 108 valence electrons. The van der Waals surface area contributed by atoms with Crippen molar-refractivity contribution in [2.24, 2.45) is 5.73 Å². The van der Waals surface area contributed by atoms with Crippen molar-refractivity contribution in [3.05, 3.63) is 0 Å². The number of hydrogen-bond donors (Lipinski definition) is 2. The van der Waals surface area contributed by atoms with E-state index in [0.29, 0.717) is 6.10 Å². The van der Waals surface area contributed by atoms with Gasteiger partial charge in [0, 0.05) is 25.2 Å². The van der Waals surface area contributed by atoms with Gasteiger partial charge in [-0.2, -0.15) is 0 Å². The molecule has 0 aliphatic carbocycles. The molecule has 4 nitrogen and oxygen atoms in total. The number of aliphatic hydroxyl groups excluding tert-OH is 1. The van der Waals surface area contributed by atoms with Gasteiger partial charge in [0.05, 0.1) is 12.7 Å². The second kappa shape index (κ2) is 8.10. The highest BCUT2D eigenvalue weighted by molar-refractivity contribution is 4.77. The van der Waals surface area contributed by atoms with E-state index < -0.39 is 5.54 Å². The standard InChI is InChI=1S/C14H30N2O2/c1-3-13-11-16(9-6-10-18-13)8-5-4-7-14(2,15)12-17/h13,17H,3-12,15H2,1-2H3. The first-order valence-electron chi connectivity index (χ1n) is 7.31. The zero-order valence-corrected chi connectivity index (χ0v) is 12.0. The molecule has 0 bridgehead atoms. The van der Waals surface area contributed by atoms with Gasteiger partial charge >= 0.3 is 0 Å². The molecule has 2 atom stereocenters. The van der Waals surface area contributed by atoms with Gasteiger partial charge in [0.25, 0.3) is 0 Å². The summed E-state index contributed by atoms with van der Waals surface area (Å²) in [6, 6.07) is 0. The fraction of sp³-hybridized carbons (Fsp3) is 1.00. The van der Waals surface area contributed by atoms with E-state index in [1.165, 1.54) is 0 Å². The molecule has 0 spiro atoms. The Hall–Kier alpha value is -0.160. The summed E-state index contributed by atoms with van der Waals surface area (Å²) in [6.45, 7) is 8.42. The van der Waals surface area contributed by atoms with Gasteiger partial charge in [-0.05, 0) is 39.2 Å². The van der Waals surface area contributed by atoms with E-state index in [-0.39, 0.29) is 6.61 Å². The zero-order chi connectivity index (χ0) is 13.4. The largest absolute Gasteiger partial charge is 0.394 e. The van der Waals surface area contributed by atoms with E-state index in [9.17, 15) is 0 Å². The van der Waals surface area contributed by atoms with Crippen molar-refractivity contribution in [3.63, 3.8) is 0 Å². The van der Waals surface area contributed by atoms with Gasteiger partial charge in [-0.3, -0.25) is 0 Å². The third kappa shape index (κ3) is 6.14. The molecule has 3 N–H and O–H groups in total. The Labute approximate surface area is 111 Å². The summed E-state index contributed by atoms with van der Waals surface area (Å²) in [4.78, 5) is 2.51.